The summed E-state index contributed by atoms with van der Waals surface area (Å²) in [7, 11) is 0. The second kappa shape index (κ2) is 5.25. The number of pyridine rings is 1. The highest BCUT2D eigenvalue weighted by Gasteiger charge is 2.13. The van der Waals surface area contributed by atoms with E-state index in [4.69, 9.17) is 5.11 Å². The zero-order valence-corrected chi connectivity index (χ0v) is 9.30. The molecule has 0 spiro atoms. The Bertz CT molecular complexity index is 387. The number of hydrogen-bond donors (Lipinski definition) is 1. The summed E-state index contributed by atoms with van der Waals surface area (Å²) in [6.45, 7) is 3.43. The third-order valence-electron chi connectivity index (χ3n) is 2.10. The van der Waals surface area contributed by atoms with Gasteiger partial charge in [-0.1, -0.05) is 6.07 Å². The molecule has 1 rings (SSSR count). The lowest BCUT2D eigenvalue weighted by Crippen LogP contribution is -2.31. The van der Waals surface area contributed by atoms with Crippen LogP contribution in [0.5, 0.6) is 0 Å². The van der Waals surface area contributed by atoms with Crippen LogP contribution in [0.25, 0.3) is 0 Å². The van der Waals surface area contributed by atoms with Gasteiger partial charge in [-0.05, 0) is 18.6 Å². The van der Waals surface area contributed by atoms with E-state index >= 15 is 0 Å². The smallest absolute Gasteiger partial charge is 0.305 e. The number of aromatic nitrogens is 1. The van der Waals surface area contributed by atoms with E-state index in [1.165, 1.54) is 11.8 Å². The molecular formula is C11H14N2O3. The molecule has 0 aliphatic carbocycles. The number of rotatable bonds is 4. The Labute approximate surface area is 93.7 Å². The Morgan fingerprint density at radius 1 is 1.44 bits per heavy atom. The summed E-state index contributed by atoms with van der Waals surface area (Å²) in [5, 5.41) is 8.58. The monoisotopic (exact) mass is 222 g/mol. The average molecular weight is 222 g/mol. The van der Waals surface area contributed by atoms with Crippen LogP contribution in [0.3, 0.4) is 0 Å². The van der Waals surface area contributed by atoms with Crippen molar-refractivity contribution in [2.75, 3.05) is 11.4 Å². The Morgan fingerprint density at radius 2 is 2.12 bits per heavy atom. The van der Waals surface area contributed by atoms with Crippen molar-refractivity contribution < 1.29 is 14.7 Å². The molecule has 1 aromatic rings. The molecule has 0 radical (unpaired) electrons. The minimum Gasteiger partial charge on any atom is -0.481 e. The lowest BCUT2D eigenvalue weighted by Gasteiger charge is -2.18. The van der Waals surface area contributed by atoms with Crippen molar-refractivity contribution in [1.82, 2.24) is 4.98 Å². The molecule has 0 bridgehead atoms. The maximum atomic E-state index is 11.3. The number of amides is 1. The van der Waals surface area contributed by atoms with Gasteiger partial charge in [-0.15, -0.1) is 0 Å². The molecule has 0 fully saturated rings. The van der Waals surface area contributed by atoms with Crippen LogP contribution in [0.2, 0.25) is 0 Å². The maximum absolute atomic E-state index is 11.3. The predicted molar refractivity (Wildman–Crippen MR) is 59.3 cm³/mol. The Hall–Kier alpha value is -1.91. The summed E-state index contributed by atoms with van der Waals surface area (Å²) >= 11 is 0. The van der Waals surface area contributed by atoms with E-state index in [0.717, 1.165) is 5.56 Å². The molecule has 5 nitrogen and oxygen atoms in total. The number of carbonyl (C=O) groups excluding carboxylic acids is 1. The Kier molecular flexibility index (Phi) is 3.99. The number of carboxylic acids is 1. The van der Waals surface area contributed by atoms with Crippen LogP contribution in [-0.4, -0.2) is 28.5 Å². The van der Waals surface area contributed by atoms with Gasteiger partial charge in [0, 0.05) is 19.7 Å². The highest BCUT2D eigenvalue weighted by molar-refractivity contribution is 5.90. The van der Waals surface area contributed by atoms with Crippen LogP contribution >= 0.6 is 0 Å². The van der Waals surface area contributed by atoms with E-state index in [2.05, 4.69) is 4.98 Å². The molecule has 0 saturated carbocycles. The molecule has 0 unspecified atom stereocenters. The van der Waals surface area contributed by atoms with Gasteiger partial charge in [0.1, 0.15) is 5.82 Å². The number of aryl methyl sites for hydroxylation is 1. The number of aliphatic carboxylic acids is 1. The summed E-state index contributed by atoms with van der Waals surface area (Å²) in [4.78, 5) is 27.2. The zero-order chi connectivity index (χ0) is 12.1. The van der Waals surface area contributed by atoms with Gasteiger partial charge in [-0.2, -0.15) is 0 Å². The van der Waals surface area contributed by atoms with Crippen LogP contribution in [-0.2, 0) is 9.59 Å². The molecule has 1 N–H and O–H groups in total. The molecule has 86 valence electrons. The molecule has 1 aromatic heterocycles. The summed E-state index contributed by atoms with van der Waals surface area (Å²) in [5.74, 6) is -0.657. The predicted octanol–water partition coefficient (Wildman–Crippen LogP) is 1.22. The Balaban J connectivity index is 2.81. The first kappa shape index (κ1) is 12.2. The van der Waals surface area contributed by atoms with Crippen LogP contribution in [0.4, 0.5) is 5.82 Å². The molecule has 16 heavy (non-hydrogen) atoms. The van der Waals surface area contributed by atoms with Crippen LogP contribution in [0.1, 0.15) is 18.9 Å². The first-order valence-corrected chi connectivity index (χ1v) is 4.93. The largest absolute Gasteiger partial charge is 0.481 e. The van der Waals surface area contributed by atoms with E-state index in [9.17, 15) is 9.59 Å². The third-order valence-corrected chi connectivity index (χ3v) is 2.10. The van der Waals surface area contributed by atoms with Crippen molar-refractivity contribution in [3.8, 4) is 0 Å². The molecule has 1 amide bonds. The SMILES string of the molecule is CC(=O)N(CCC(=O)O)c1ccc(C)cn1. The van der Waals surface area contributed by atoms with Crippen molar-refractivity contribution >= 4 is 17.7 Å². The second-order valence-electron chi connectivity index (χ2n) is 3.51. The standard InChI is InChI=1S/C11H14N2O3/c1-8-3-4-10(12-7-8)13(9(2)14)6-5-11(15)16/h3-4,7H,5-6H2,1-2H3,(H,15,16). The number of nitrogens with zero attached hydrogens (tertiary/aromatic N) is 2. The molecule has 5 heteroatoms. The van der Waals surface area contributed by atoms with Gasteiger partial charge in [0.25, 0.3) is 0 Å². The fourth-order valence-corrected chi connectivity index (χ4v) is 1.26. The van der Waals surface area contributed by atoms with Gasteiger partial charge in [-0.3, -0.25) is 14.5 Å². The molecular weight excluding hydrogens is 208 g/mol. The topological polar surface area (TPSA) is 70.5 Å². The van der Waals surface area contributed by atoms with E-state index < -0.39 is 5.97 Å². The minimum absolute atomic E-state index is 0.0882. The summed E-state index contributed by atoms with van der Waals surface area (Å²) in [5.41, 5.74) is 0.991. The summed E-state index contributed by atoms with van der Waals surface area (Å²) in [6.07, 6.45) is 1.56. The van der Waals surface area contributed by atoms with Gasteiger partial charge in [-0.25, -0.2) is 4.98 Å². The van der Waals surface area contributed by atoms with Crippen LogP contribution < -0.4 is 4.90 Å². The lowest BCUT2D eigenvalue weighted by atomic mass is 10.3. The fourth-order valence-electron chi connectivity index (χ4n) is 1.26. The number of carboxylic acid groups (broad SMARTS) is 1. The molecule has 0 aliphatic heterocycles. The highest BCUT2D eigenvalue weighted by Crippen LogP contribution is 2.11. The first-order valence-electron chi connectivity index (χ1n) is 4.93. The first-order chi connectivity index (χ1) is 7.50. The van der Waals surface area contributed by atoms with Gasteiger partial charge in [0.15, 0.2) is 0 Å². The molecule has 0 aliphatic rings. The van der Waals surface area contributed by atoms with Crippen molar-refractivity contribution in [2.24, 2.45) is 0 Å². The number of anilines is 1. The van der Waals surface area contributed by atoms with E-state index in [1.54, 1.807) is 12.3 Å². The lowest BCUT2D eigenvalue weighted by molar-refractivity contribution is -0.136. The normalized spacial score (nSPS) is 9.88. The van der Waals surface area contributed by atoms with Crippen LogP contribution in [0.15, 0.2) is 18.3 Å². The van der Waals surface area contributed by atoms with Crippen molar-refractivity contribution in [1.29, 1.82) is 0 Å². The van der Waals surface area contributed by atoms with Gasteiger partial charge >= 0.3 is 5.97 Å². The highest BCUT2D eigenvalue weighted by atomic mass is 16.4. The van der Waals surface area contributed by atoms with Crippen molar-refractivity contribution in [2.45, 2.75) is 20.3 Å². The Morgan fingerprint density at radius 3 is 2.56 bits per heavy atom. The van der Waals surface area contributed by atoms with Gasteiger partial charge in [0.2, 0.25) is 5.91 Å². The van der Waals surface area contributed by atoms with E-state index in [-0.39, 0.29) is 18.9 Å². The average Bonchev–Trinajstić information content (AvgIpc) is 2.20. The molecule has 0 saturated heterocycles. The summed E-state index contributed by atoms with van der Waals surface area (Å²) in [6, 6.07) is 3.54. The summed E-state index contributed by atoms with van der Waals surface area (Å²) < 4.78 is 0. The molecule has 0 atom stereocenters. The molecule has 0 aromatic carbocycles. The van der Waals surface area contributed by atoms with Gasteiger partial charge < -0.3 is 5.11 Å². The number of carbonyl (C=O) groups is 2. The molecule has 1 heterocycles. The quantitative estimate of drug-likeness (QED) is 0.831. The van der Waals surface area contributed by atoms with Crippen LogP contribution in [0, 0.1) is 6.92 Å². The zero-order valence-electron chi connectivity index (χ0n) is 9.30. The van der Waals surface area contributed by atoms with E-state index in [0.29, 0.717) is 5.82 Å². The number of hydrogen-bond acceptors (Lipinski definition) is 3. The van der Waals surface area contributed by atoms with Crippen molar-refractivity contribution in [3.63, 3.8) is 0 Å². The minimum atomic E-state index is -0.932. The van der Waals surface area contributed by atoms with Gasteiger partial charge in [0.05, 0.1) is 6.42 Å². The third kappa shape index (κ3) is 3.34. The fraction of sp³-hybridized carbons (Fsp3) is 0.364. The second-order valence-corrected chi connectivity index (χ2v) is 3.51. The maximum Gasteiger partial charge on any atom is 0.305 e. The van der Waals surface area contributed by atoms with Crippen molar-refractivity contribution in [3.05, 3.63) is 23.9 Å². The van der Waals surface area contributed by atoms with E-state index in [1.807, 2.05) is 13.0 Å².